The van der Waals surface area contributed by atoms with Crippen LogP contribution in [0.2, 0.25) is 0 Å². The standard InChI is InChI=1S/C43H52N4O5/c1-6-27-45(29-31-17-13-11-14-18-31)39(49)36-37-40(50)47(35(30-48)32-19-15-12-16-20-32)38(43(37)26-25-42(36,8-3)52-43)41(51)46(28-7-2)34-23-21-33(22-24-34)44(9-4)10-5/h6-7,11-24,35-38,48H,1-2,8-10,25-30H2,3-5H3/t35-,36-,37+,38?,42+,43?/m1/s1. The summed E-state index contributed by atoms with van der Waals surface area (Å²) in [6.07, 6.45) is 4.85. The number of carbonyl (C=O) groups excluding carboxylic acids is 3. The van der Waals surface area contributed by atoms with Crippen LogP contribution >= 0.6 is 0 Å². The molecule has 3 fully saturated rings. The minimum Gasteiger partial charge on any atom is -0.394 e. The first kappa shape index (κ1) is 37.0. The number of anilines is 2. The van der Waals surface area contributed by atoms with E-state index in [1.54, 1.807) is 26.9 Å². The topological polar surface area (TPSA) is 93.6 Å². The van der Waals surface area contributed by atoms with Crippen LogP contribution in [0.25, 0.3) is 0 Å². The minimum absolute atomic E-state index is 0.186. The van der Waals surface area contributed by atoms with Gasteiger partial charge in [0.2, 0.25) is 11.8 Å². The van der Waals surface area contributed by atoms with Crippen molar-refractivity contribution in [1.82, 2.24) is 9.80 Å². The van der Waals surface area contributed by atoms with E-state index in [4.69, 9.17) is 4.74 Å². The predicted octanol–water partition coefficient (Wildman–Crippen LogP) is 6.16. The second-order valence-electron chi connectivity index (χ2n) is 14.1. The lowest BCUT2D eigenvalue weighted by atomic mass is 9.64. The van der Waals surface area contributed by atoms with Crippen LogP contribution in [-0.4, -0.2) is 82.7 Å². The van der Waals surface area contributed by atoms with E-state index < -0.39 is 41.7 Å². The maximum absolute atomic E-state index is 15.4. The fourth-order valence-corrected chi connectivity index (χ4v) is 9.10. The Hall–Kier alpha value is -4.73. The molecule has 3 saturated heterocycles. The van der Waals surface area contributed by atoms with Crippen molar-refractivity contribution in [2.45, 2.75) is 69.9 Å². The molecule has 3 aliphatic heterocycles. The Labute approximate surface area is 308 Å². The second kappa shape index (κ2) is 15.5. The molecule has 52 heavy (non-hydrogen) atoms. The van der Waals surface area contributed by atoms with Gasteiger partial charge in [0, 0.05) is 44.1 Å². The summed E-state index contributed by atoms with van der Waals surface area (Å²) in [5, 5.41) is 11.0. The molecule has 9 heteroatoms. The number of hydrogen-bond acceptors (Lipinski definition) is 6. The maximum atomic E-state index is 15.4. The largest absolute Gasteiger partial charge is 0.394 e. The summed E-state index contributed by atoms with van der Waals surface area (Å²) in [5.74, 6) is -2.59. The normalized spacial score (nSPS) is 25.0. The molecule has 6 atom stereocenters. The molecule has 1 spiro atoms. The van der Waals surface area contributed by atoms with Crippen LogP contribution in [0.5, 0.6) is 0 Å². The van der Waals surface area contributed by atoms with E-state index in [1.165, 1.54) is 0 Å². The number of nitrogens with zero attached hydrogens (tertiary/aromatic N) is 4. The minimum atomic E-state index is -1.28. The summed E-state index contributed by atoms with van der Waals surface area (Å²) in [7, 11) is 0. The third-order valence-electron chi connectivity index (χ3n) is 11.6. The first-order chi connectivity index (χ1) is 25.2. The maximum Gasteiger partial charge on any atom is 0.253 e. The zero-order valence-corrected chi connectivity index (χ0v) is 30.7. The van der Waals surface area contributed by atoms with E-state index in [-0.39, 0.29) is 24.3 Å². The summed E-state index contributed by atoms with van der Waals surface area (Å²) in [6.45, 7) is 16.2. The Kier molecular flexibility index (Phi) is 11.0. The monoisotopic (exact) mass is 704 g/mol. The lowest BCUT2D eigenvalue weighted by Gasteiger charge is -2.40. The molecule has 3 heterocycles. The van der Waals surface area contributed by atoms with Gasteiger partial charge in [-0.1, -0.05) is 79.7 Å². The summed E-state index contributed by atoms with van der Waals surface area (Å²) < 4.78 is 7.14. The van der Waals surface area contributed by atoms with Crippen LogP contribution < -0.4 is 9.80 Å². The van der Waals surface area contributed by atoms with E-state index >= 15 is 9.59 Å². The van der Waals surface area contributed by atoms with Crippen molar-refractivity contribution in [1.29, 1.82) is 0 Å². The molecule has 2 unspecified atom stereocenters. The Morgan fingerprint density at radius 1 is 0.885 bits per heavy atom. The van der Waals surface area contributed by atoms with Gasteiger partial charge in [0.25, 0.3) is 5.91 Å². The van der Waals surface area contributed by atoms with Crippen LogP contribution in [0.4, 0.5) is 11.4 Å². The highest BCUT2D eigenvalue weighted by Crippen LogP contribution is 2.65. The van der Waals surface area contributed by atoms with Gasteiger partial charge >= 0.3 is 0 Å². The number of amides is 3. The van der Waals surface area contributed by atoms with Gasteiger partial charge in [0.1, 0.15) is 11.6 Å². The Balaban J connectivity index is 1.47. The number of aliphatic hydroxyl groups excluding tert-OH is 1. The number of carbonyl (C=O) groups is 3. The van der Waals surface area contributed by atoms with Crippen LogP contribution in [0.1, 0.15) is 57.2 Å². The van der Waals surface area contributed by atoms with Crippen molar-refractivity contribution < 1.29 is 24.2 Å². The average molecular weight is 705 g/mol. The summed E-state index contributed by atoms with van der Waals surface area (Å²) in [5.41, 5.74) is 1.17. The summed E-state index contributed by atoms with van der Waals surface area (Å²) >= 11 is 0. The van der Waals surface area contributed by atoms with Crippen LogP contribution in [0.15, 0.2) is 110 Å². The molecule has 3 aliphatic rings. The van der Waals surface area contributed by atoms with Crippen molar-refractivity contribution in [3.05, 3.63) is 121 Å². The van der Waals surface area contributed by atoms with E-state index in [1.807, 2.05) is 91.9 Å². The lowest BCUT2D eigenvalue weighted by Crippen LogP contribution is -2.57. The first-order valence-corrected chi connectivity index (χ1v) is 18.6. The lowest BCUT2D eigenvalue weighted by molar-refractivity contribution is -0.154. The van der Waals surface area contributed by atoms with Crippen molar-refractivity contribution in [3.63, 3.8) is 0 Å². The van der Waals surface area contributed by atoms with Crippen LogP contribution in [0.3, 0.4) is 0 Å². The highest BCUT2D eigenvalue weighted by atomic mass is 16.5. The molecule has 0 saturated carbocycles. The molecule has 0 aliphatic carbocycles. The Morgan fingerprint density at radius 3 is 2.08 bits per heavy atom. The van der Waals surface area contributed by atoms with Crippen LogP contribution in [-0.2, 0) is 25.7 Å². The highest BCUT2D eigenvalue weighted by Gasteiger charge is 2.79. The Morgan fingerprint density at radius 2 is 1.50 bits per heavy atom. The predicted molar refractivity (Wildman–Crippen MR) is 205 cm³/mol. The van der Waals surface area contributed by atoms with Gasteiger partial charge in [-0.2, -0.15) is 0 Å². The fraction of sp³-hybridized carbons (Fsp3) is 0.419. The van der Waals surface area contributed by atoms with Gasteiger partial charge < -0.3 is 29.4 Å². The number of ether oxygens (including phenoxy) is 1. The highest BCUT2D eigenvalue weighted by molar-refractivity contribution is 6.05. The van der Waals surface area contributed by atoms with Crippen LogP contribution in [0, 0.1) is 11.8 Å². The zero-order chi connectivity index (χ0) is 37.0. The molecule has 0 aromatic heterocycles. The van der Waals surface area contributed by atoms with Gasteiger partial charge in [0.05, 0.1) is 30.1 Å². The van der Waals surface area contributed by atoms with Gasteiger partial charge in [-0.15, -0.1) is 13.2 Å². The van der Waals surface area contributed by atoms with E-state index in [2.05, 4.69) is 31.9 Å². The first-order valence-electron chi connectivity index (χ1n) is 18.6. The molecular weight excluding hydrogens is 652 g/mol. The number of benzene rings is 3. The van der Waals surface area contributed by atoms with Gasteiger partial charge in [-0.3, -0.25) is 14.4 Å². The number of aliphatic hydroxyl groups is 1. The van der Waals surface area contributed by atoms with E-state index in [9.17, 15) is 9.90 Å². The number of rotatable bonds is 16. The SMILES string of the molecule is C=CCN(Cc1ccccc1)C(=O)[C@H]1[C@H]2C(=O)N([C@H](CO)c3ccccc3)C(C(=O)N(CC=C)c3ccc(N(CC)CC)cc3)C23CC[C@]1(CC)O3. The molecule has 2 bridgehead atoms. The molecule has 0 radical (unpaired) electrons. The summed E-state index contributed by atoms with van der Waals surface area (Å²) in [4.78, 5) is 52.7. The van der Waals surface area contributed by atoms with Gasteiger partial charge in [-0.25, -0.2) is 0 Å². The van der Waals surface area contributed by atoms with Crippen molar-refractivity contribution in [3.8, 4) is 0 Å². The average Bonchev–Trinajstić information content (AvgIpc) is 3.79. The molecular formula is C43H52N4O5. The van der Waals surface area contributed by atoms with Crippen molar-refractivity contribution in [2.75, 3.05) is 42.6 Å². The molecule has 1 N–H and O–H groups in total. The van der Waals surface area contributed by atoms with Crippen molar-refractivity contribution >= 4 is 29.1 Å². The zero-order valence-electron chi connectivity index (χ0n) is 30.7. The third-order valence-corrected chi connectivity index (χ3v) is 11.6. The smallest absolute Gasteiger partial charge is 0.253 e. The van der Waals surface area contributed by atoms with Gasteiger partial charge in [0.15, 0.2) is 0 Å². The molecule has 3 aromatic carbocycles. The number of fused-ring (bicyclic) bond motifs is 1. The van der Waals surface area contributed by atoms with Crippen molar-refractivity contribution in [2.24, 2.45) is 11.8 Å². The molecule has 3 amide bonds. The van der Waals surface area contributed by atoms with E-state index in [0.717, 1.165) is 24.3 Å². The molecule has 274 valence electrons. The number of likely N-dealkylation sites (tertiary alicyclic amines) is 1. The quantitative estimate of drug-likeness (QED) is 0.180. The number of hydrogen-bond donors (Lipinski definition) is 1. The molecule has 6 rings (SSSR count). The van der Waals surface area contributed by atoms with E-state index in [0.29, 0.717) is 43.6 Å². The fourth-order valence-electron chi connectivity index (χ4n) is 9.10. The second-order valence-corrected chi connectivity index (χ2v) is 14.1. The summed E-state index contributed by atoms with van der Waals surface area (Å²) in [6, 6.07) is 25.0. The third kappa shape index (κ3) is 6.24. The molecule has 9 nitrogen and oxygen atoms in total. The van der Waals surface area contributed by atoms with Gasteiger partial charge in [-0.05, 0) is 68.5 Å². The Bertz CT molecular complexity index is 1750. The molecule has 3 aromatic rings.